The van der Waals surface area contributed by atoms with Crippen LogP contribution in [0.4, 0.5) is 5.82 Å². The van der Waals surface area contributed by atoms with Crippen molar-refractivity contribution in [2.24, 2.45) is 0 Å². The van der Waals surface area contributed by atoms with Crippen molar-refractivity contribution in [3.8, 4) is 0 Å². The highest BCUT2D eigenvalue weighted by Gasteiger charge is 2.06. The average molecular weight is 259 g/mol. The molecule has 0 radical (unpaired) electrons. The summed E-state index contributed by atoms with van der Waals surface area (Å²) in [6.07, 6.45) is 4.06. The number of carbonyl (C=O) groups is 1. The lowest BCUT2D eigenvalue weighted by Crippen LogP contribution is -2.13. The SMILES string of the molecule is CCCC(=O)Nc1ccn(CCS(C)(=O)=O)n1. The van der Waals surface area contributed by atoms with Gasteiger partial charge in [0.15, 0.2) is 5.82 Å². The first-order chi connectivity index (χ1) is 7.90. The Kier molecular flexibility index (Phi) is 4.68. The standard InChI is InChI=1S/C10H17N3O3S/c1-3-4-10(14)11-9-5-6-13(12-9)7-8-17(2,15)16/h5-6H,3-4,7-8H2,1-2H3,(H,11,12,14). The van der Waals surface area contributed by atoms with Crippen LogP contribution in [0.2, 0.25) is 0 Å². The van der Waals surface area contributed by atoms with E-state index in [1.807, 2.05) is 6.92 Å². The second-order valence-electron chi connectivity index (χ2n) is 3.89. The Morgan fingerprint density at radius 2 is 2.24 bits per heavy atom. The molecule has 0 aromatic carbocycles. The van der Waals surface area contributed by atoms with Gasteiger partial charge in [0.2, 0.25) is 5.91 Å². The molecule has 0 saturated carbocycles. The molecule has 7 heteroatoms. The highest BCUT2D eigenvalue weighted by Crippen LogP contribution is 2.04. The van der Waals surface area contributed by atoms with Crippen LogP contribution in [0, 0.1) is 0 Å². The molecule has 6 nitrogen and oxygen atoms in total. The maximum absolute atomic E-state index is 11.3. The zero-order valence-corrected chi connectivity index (χ0v) is 10.8. The van der Waals surface area contributed by atoms with E-state index in [2.05, 4.69) is 10.4 Å². The van der Waals surface area contributed by atoms with E-state index < -0.39 is 9.84 Å². The van der Waals surface area contributed by atoms with E-state index in [9.17, 15) is 13.2 Å². The van der Waals surface area contributed by atoms with Crippen molar-refractivity contribution in [1.29, 1.82) is 0 Å². The number of nitrogens with one attached hydrogen (secondary N) is 1. The number of aromatic nitrogens is 2. The fraction of sp³-hybridized carbons (Fsp3) is 0.600. The van der Waals surface area contributed by atoms with Crippen LogP contribution in [0.3, 0.4) is 0 Å². The number of rotatable bonds is 6. The van der Waals surface area contributed by atoms with Gasteiger partial charge in [-0.05, 0) is 6.42 Å². The van der Waals surface area contributed by atoms with Crippen molar-refractivity contribution >= 4 is 21.6 Å². The van der Waals surface area contributed by atoms with E-state index in [-0.39, 0.29) is 11.7 Å². The zero-order valence-electron chi connectivity index (χ0n) is 10.0. The van der Waals surface area contributed by atoms with Gasteiger partial charge >= 0.3 is 0 Å². The van der Waals surface area contributed by atoms with Crippen LogP contribution >= 0.6 is 0 Å². The average Bonchev–Trinajstić information content (AvgIpc) is 2.62. The lowest BCUT2D eigenvalue weighted by atomic mass is 10.3. The Hall–Kier alpha value is -1.37. The lowest BCUT2D eigenvalue weighted by Gasteiger charge is -2.01. The molecule has 0 aliphatic carbocycles. The number of sulfone groups is 1. The van der Waals surface area contributed by atoms with Gasteiger partial charge < -0.3 is 5.32 Å². The van der Waals surface area contributed by atoms with Gasteiger partial charge in [-0.2, -0.15) is 5.10 Å². The normalized spacial score (nSPS) is 11.4. The minimum absolute atomic E-state index is 0.0387. The molecule has 1 aromatic heterocycles. The quantitative estimate of drug-likeness (QED) is 0.814. The Morgan fingerprint density at radius 3 is 2.82 bits per heavy atom. The number of anilines is 1. The Balaban J connectivity index is 2.51. The summed E-state index contributed by atoms with van der Waals surface area (Å²) in [6, 6.07) is 1.65. The molecule has 0 spiro atoms. The first-order valence-electron chi connectivity index (χ1n) is 5.42. The third-order valence-corrected chi connectivity index (χ3v) is 3.00. The molecular weight excluding hydrogens is 242 g/mol. The van der Waals surface area contributed by atoms with Crippen molar-refractivity contribution in [2.75, 3.05) is 17.3 Å². The van der Waals surface area contributed by atoms with Crippen LogP contribution in [-0.2, 0) is 21.2 Å². The Bertz CT molecular complexity index is 479. The molecule has 0 atom stereocenters. The van der Waals surface area contributed by atoms with E-state index >= 15 is 0 Å². The number of hydrogen-bond acceptors (Lipinski definition) is 4. The topological polar surface area (TPSA) is 81.1 Å². The summed E-state index contributed by atoms with van der Waals surface area (Å²) in [5.74, 6) is 0.412. The second-order valence-corrected chi connectivity index (χ2v) is 6.15. The summed E-state index contributed by atoms with van der Waals surface area (Å²) in [4.78, 5) is 11.3. The largest absolute Gasteiger partial charge is 0.309 e. The molecule has 0 unspecified atom stereocenters. The fourth-order valence-corrected chi connectivity index (χ4v) is 1.76. The van der Waals surface area contributed by atoms with Crippen molar-refractivity contribution in [2.45, 2.75) is 26.3 Å². The van der Waals surface area contributed by atoms with Gasteiger partial charge in [0.25, 0.3) is 0 Å². The molecule has 0 saturated heterocycles. The summed E-state index contributed by atoms with van der Waals surface area (Å²) in [5.41, 5.74) is 0. The molecule has 1 amide bonds. The zero-order chi connectivity index (χ0) is 12.9. The van der Waals surface area contributed by atoms with E-state index in [1.54, 1.807) is 12.3 Å². The van der Waals surface area contributed by atoms with Crippen LogP contribution in [0.1, 0.15) is 19.8 Å². The van der Waals surface area contributed by atoms with Crippen molar-refractivity contribution in [3.63, 3.8) is 0 Å². The molecule has 0 bridgehead atoms. The second kappa shape index (κ2) is 5.81. The molecule has 0 aliphatic rings. The van der Waals surface area contributed by atoms with E-state index in [0.29, 0.717) is 18.8 Å². The van der Waals surface area contributed by atoms with Crippen molar-refractivity contribution in [1.82, 2.24) is 9.78 Å². The predicted molar refractivity (Wildman–Crippen MR) is 65.5 cm³/mol. The Morgan fingerprint density at radius 1 is 1.53 bits per heavy atom. The maximum atomic E-state index is 11.3. The number of nitrogens with zero attached hydrogens (tertiary/aromatic N) is 2. The smallest absolute Gasteiger partial charge is 0.225 e. The van der Waals surface area contributed by atoms with Crippen molar-refractivity contribution in [3.05, 3.63) is 12.3 Å². The minimum Gasteiger partial charge on any atom is -0.309 e. The van der Waals surface area contributed by atoms with Crippen LogP contribution in [-0.4, -0.2) is 36.1 Å². The van der Waals surface area contributed by atoms with Gasteiger partial charge in [-0.1, -0.05) is 6.92 Å². The van der Waals surface area contributed by atoms with Gasteiger partial charge in [0.05, 0.1) is 12.3 Å². The van der Waals surface area contributed by atoms with Crippen LogP contribution < -0.4 is 5.32 Å². The fourth-order valence-electron chi connectivity index (χ4n) is 1.24. The van der Waals surface area contributed by atoms with Gasteiger partial charge in [-0.3, -0.25) is 9.48 Å². The number of amides is 1. The number of carbonyl (C=O) groups excluding carboxylic acids is 1. The first kappa shape index (κ1) is 13.7. The molecule has 17 heavy (non-hydrogen) atoms. The highest BCUT2D eigenvalue weighted by molar-refractivity contribution is 7.90. The van der Waals surface area contributed by atoms with Gasteiger partial charge in [-0.15, -0.1) is 0 Å². The molecule has 96 valence electrons. The van der Waals surface area contributed by atoms with E-state index in [1.165, 1.54) is 10.9 Å². The highest BCUT2D eigenvalue weighted by atomic mass is 32.2. The predicted octanol–water partition coefficient (Wildman–Crippen LogP) is 0.666. The first-order valence-corrected chi connectivity index (χ1v) is 7.48. The van der Waals surface area contributed by atoms with Crippen LogP contribution in [0.25, 0.3) is 0 Å². The van der Waals surface area contributed by atoms with Gasteiger partial charge in [-0.25, -0.2) is 8.42 Å². The van der Waals surface area contributed by atoms with Crippen LogP contribution in [0.5, 0.6) is 0 Å². The summed E-state index contributed by atoms with van der Waals surface area (Å²) in [7, 11) is -2.99. The molecule has 0 fully saturated rings. The summed E-state index contributed by atoms with van der Waals surface area (Å²) >= 11 is 0. The summed E-state index contributed by atoms with van der Waals surface area (Å²) in [5, 5.41) is 6.70. The monoisotopic (exact) mass is 259 g/mol. The Labute approximate surface area is 101 Å². The van der Waals surface area contributed by atoms with Gasteiger partial charge in [0.1, 0.15) is 9.84 Å². The van der Waals surface area contributed by atoms with Gasteiger partial charge in [0, 0.05) is 24.9 Å². The number of aryl methyl sites for hydroxylation is 1. The number of hydrogen-bond donors (Lipinski definition) is 1. The third kappa shape index (κ3) is 5.48. The summed E-state index contributed by atoms with van der Waals surface area (Å²) in [6.45, 7) is 2.22. The minimum atomic E-state index is -2.99. The van der Waals surface area contributed by atoms with E-state index in [4.69, 9.17) is 0 Å². The van der Waals surface area contributed by atoms with Crippen molar-refractivity contribution < 1.29 is 13.2 Å². The molecule has 1 rings (SSSR count). The summed E-state index contributed by atoms with van der Waals surface area (Å²) < 4.78 is 23.4. The molecule has 1 aromatic rings. The molecule has 0 aliphatic heterocycles. The molecular formula is C10H17N3O3S. The molecule has 1 heterocycles. The lowest BCUT2D eigenvalue weighted by molar-refractivity contribution is -0.116. The third-order valence-electron chi connectivity index (χ3n) is 2.08. The van der Waals surface area contributed by atoms with E-state index in [0.717, 1.165) is 6.42 Å². The molecule has 1 N–H and O–H groups in total. The maximum Gasteiger partial charge on any atom is 0.225 e. The van der Waals surface area contributed by atoms with Crippen LogP contribution in [0.15, 0.2) is 12.3 Å².